The van der Waals surface area contributed by atoms with Crippen LogP contribution < -0.4 is 5.32 Å². The van der Waals surface area contributed by atoms with Crippen LogP contribution in [0.1, 0.15) is 11.1 Å². The van der Waals surface area contributed by atoms with E-state index in [2.05, 4.69) is 5.32 Å². The van der Waals surface area contributed by atoms with Crippen molar-refractivity contribution in [3.05, 3.63) is 29.3 Å². The molecule has 0 aliphatic heterocycles. The van der Waals surface area contributed by atoms with Gasteiger partial charge in [0.15, 0.2) is 6.10 Å². The van der Waals surface area contributed by atoms with Crippen LogP contribution in [0, 0.1) is 6.92 Å². The number of aromatic hydroxyl groups is 1. The Bertz CT molecular complexity index is 379. The maximum absolute atomic E-state index is 12.0. The summed E-state index contributed by atoms with van der Waals surface area (Å²) in [5.41, 5.74) is 1.15. The van der Waals surface area contributed by atoms with Gasteiger partial charge in [0, 0.05) is 18.7 Å². The molecule has 0 saturated heterocycles. The molecule has 0 aromatic heterocycles. The van der Waals surface area contributed by atoms with Crippen LogP contribution in [0.2, 0.25) is 0 Å². The molecular formula is C11H14F3NO2. The quantitative estimate of drug-likeness (QED) is 0.761. The summed E-state index contributed by atoms with van der Waals surface area (Å²) in [6.45, 7) is 1.17. The van der Waals surface area contributed by atoms with Gasteiger partial charge in [-0.3, -0.25) is 0 Å². The number of phenols is 1. The van der Waals surface area contributed by atoms with Crippen molar-refractivity contribution in [2.24, 2.45) is 0 Å². The predicted molar refractivity (Wildman–Crippen MR) is 56.6 cm³/mol. The van der Waals surface area contributed by atoms with Crippen LogP contribution in [0.15, 0.2) is 18.2 Å². The third-order valence-electron chi connectivity index (χ3n) is 2.35. The van der Waals surface area contributed by atoms with Gasteiger partial charge < -0.3 is 15.5 Å². The molecular weight excluding hydrogens is 235 g/mol. The van der Waals surface area contributed by atoms with E-state index >= 15 is 0 Å². The van der Waals surface area contributed by atoms with Crippen molar-refractivity contribution >= 4 is 0 Å². The lowest BCUT2D eigenvalue weighted by atomic mass is 10.1. The van der Waals surface area contributed by atoms with Gasteiger partial charge in [-0.15, -0.1) is 0 Å². The smallest absolute Gasteiger partial charge is 0.415 e. The maximum Gasteiger partial charge on any atom is 0.415 e. The Morgan fingerprint density at radius 3 is 2.59 bits per heavy atom. The monoisotopic (exact) mass is 249 g/mol. The van der Waals surface area contributed by atoms with E-state index in [1.807, 2.05) is 0 Å². The van der Waals surface area contributed by atoms with Crippen molar-refractivity contribution in [2.45, 2.75) is 25.7 Å². The fraction of sp³-hybridized carbons (Fsp3) is 0.455. The number of para-hydroxylation sites is 1. The van der Waals surface area contributed by atoms with Crippen LogP contribution in [-0.2, 0) is 6.54 Å². The van der Waals surface area contributed by atoms with Crippen molar-refractivity contribution in [2.75, 3.05) is 6.54 Å². The average molecular weight is 249 g/mol. The summed E-state index contributed by atoms with van der Waals surface area (Å²) in [6, 6.07) is 5.00. The first-order chi connectivity index (χ1) is 7.82. The zero-order chi connectivity index (χ0) is 13.1. The summed E-state index contributed by atoms with van der Waals surface area (Å²) >= 11 is 0. The molecule has 0 aliphatic rings. The minimum atomic E-state index is -4.62. The summed E-state index contributed by atoms with van der Waals surface area (Å²) in [5.74, 6) is 0.0569. The molecule has 1 atom stereocenters. The van der Waals surface area contributed by atoms with Crippen LogP contribution in [0.3, 0.4) is 0 Å². The Morgan fingerprint density at radius 1 is 1.35 bits per heavy atom. The highest BCUT2D eigenvalue weighted by atomic mass is 19.4. The fourth-order valence-electron chi connectivity index (χ4n) is 1.32. The Balaban J connectivity index is 2.49. The molecule has 1 aromatic rings. The van der Waals surface area contributed by atoms with Gasteiger partial charge in [-0.25, -0.2) is 0 Å². The van der Waals surface area contributed by atoms with E-state index in [0.29, 0.717) is 11.1 Å². The second kappa shape index (κ2) is 5.37. The van der Waals surface area contributed by atoms with E-state index in [1.54, 1.807) is 25.1 Å². The number of phenolic OH excluding ortho intramolecular Hbond substituents is 1. The number of alkyl halides is 3. The number of halogens is 3. The highest BCUT2D eigenvalue weighted by Crippen LogP contribution is 2.22. The molecule has 0 radical (unpaired) electrons. The van der Waals surface area contributed by atoms with Crippen LogP contribution in [0.4, 0.5) is 13.2 Å². The van der Waals surface area contributed by atoms with Gasteiger partial charge in [0.2, 0.25) is 0 Å². The van der Waals surface area contributed by atoms with Gasteiger partial charge in [0.05, 0.1) is 0 Å². The molecule has 17 heavy (non-hydrogen) atoms. The zero-order valence-corrected chi connectivity index (χ0v) is 9.25. The minimum Gasteiger partial charge on any atom is -0.507 e. The van der Waals surface area contributed by atoms with E-state index in [4.69, 9.17) is 5.11 Å². The maximum atomic E-state index is 12.0. The van der Waals surface area contributed by atoms with Crippen LogP contribution in [-0.4, -0.2) is 29.0 Å². The van der Waals surface area contributed by atoms with Crippen molar-refractivity contribution < 1.29 is 23.4 Å². The molecule has 3 nitrogen and oxygen atoms in total. The summed E-state index contributed by atoms with van der Waals surface area (Å²) in [4.78, 5) is 0. The van der Waals surface area contributed by atoms with Gasteiger partial charge in [-0.05, 0) is 12.5 Å². The van der Waals surface area contributed by atoms with Crippen LogP contribution >= 0.6 is 0 Å². The Kier molecular flexibility index (Phi) is 4.36. The summed E-state index contributed by atoms with van der Waals surface area (Å²) in [7, 11) is 0. The Labute approximate surface area is 96.9 Å². The van der Waals surface area contributed by atoms with E-state index in [1.165, 1.54) is 0 Å². The van der Waals surface area contributed by atoms with E-state index < -0.39 is 18.8 Å². The van der Waals surface area contributed by atoms with Gasteiger partial charge >= 0.3 is 6.18 Å². The normalized spacial score (nSPS) is 13.7. The SMILES string of the molecule is Cc1cccc(CNCC(O)C(F)(F)F)c1O. The highest BCUT2D eigenvalue weighted by Gasteiger charge is 2.37. The molecule has 0 heterocycles. The van der Waals surface area contributed by atoms with Crippen molar-refractivity contribution in [3.8, 4) is 5.75 Å². The second-order valence-corrected chi connectivity index (χ2v) is 3.77. The van der Waals surface area contributed by atoms with Gasteiger partial charge in [-0.2, -0.15) is 13.2 Å². The van der Waals surface area contributed by atoms with Gasteiger partial charge in [-0.1, -0.05) is 18.2 Å². The number of benzene rings is 1. The molecule has 96 valence electrons. The third kappa shape index (κ3) is 3.90. The Morgan fingerprint density at radius 2 is 2.00 bits per heavy atom. The van der Waals surface area contributed by atoms with Crippen molar-refractivity contribution in [3.63, 3.8) is 0 Å². The largest absolute Gasteiger partial charge is 0.507 e. The minimum absolute atomic E-state index is 0.0569. The first kappa shape index (κ1) is 13.8. The van der Waals surface area contributed by atoms with E-state index in [0.717, 1.165) is 0 Å². The predicted octanol–water partition coefficient (Wildman–Crippen LogP) is 1.71. The molecule has 1 unspecified atom stereocenters. The standard InChI is InChI=1S/C11H14F3NO2/c1-7-3-2-4-8(10(7)17)5-15-6-9(16)11(12,13)14/h2-4,9,15-17H,5-6H2,1H3. The van der Waals surface area contributed by atoms with E-state index in [-0.39, 0.29) is 12.3 Å². The summed E-state index contributed by atoms with van der Waals surface area (Å²) < 4.78 is 35.9. The summed E-state index contributed by atoms with van der Waals surface area (Å²) in [6.07, 6.45) is -7.02. The fourth-order valence-corrected chi connectivity index (χ4v) is 1.32. The number of aliphatic hydroxyl groups excluding tert-OH is 1. The molecule has 0 bridgehead atoms. The van der Waals surface area contributed by atoms with Crippen LogP contribution in [0.5, 0.6) is 5.75 Å². The average Bonchev–Trinajstić information content (AvgIpc) is 2.22. The van der Waals surface area contributed by atoms with Crippen molar-refractivity contribution in [1.82, 2.24) is 5.32 Å². The molecule has 0 aliphatic carbocycles. The second-order valence-electron chi connectivity index (χ2n) is 3.77. The molecule has 0 saturated carbocycles. The number of hydrogen-bond donors (Lipinski definition) is 3. The molecule has 1 aromatic carbocycles. The lowest BCUT2D eigenvalue weighted by molar-refractivity contribution is -0.201. The topological polar surface area (TPSA) is 52.5 Å². The first-order valence-corrected chi connectivity index (χ1v) is 5.05. The molecule has 3 N–H and O–H groups in total. The molecule has 0 amide bonds. The molecule has 1 rings (SSSR count). The number of nitrogens with one attached hydrogen (secondary N) is 1. The number of rotatable bonds is 4. The van der Waals surface area contributed by atoms with Gasteiger partial charge in [0.1, 0.15) is 5.75 Å². The third-order valence-corrected chi connectivity index (χ3v) is 2.35. The molecule has 0 fully saturated rings. The van der Waals surface area contributed by atoms with E-state index in [9.17, 15) is 18.3 Å². The Hall–Kier alpha value is -1.27. The van der Waals surface area contributed by atoms with Crippen LogP contribution in [0.25, 0.3) is 0 Å². The van der Waals surface area contributed by atoms with Gasteiger partial charge in [0.25, 0.3) is 0 Å². The number of aliphatic hydroxyl groups is 1. The first-order valence-electron chi connectivity index (χ1n) is 5.05. The summed E-state index contributed by atoms with van der Waals surface area (Å²) in [5, 5.41) is 20.8. The molecule has 6 heteroatoms. The lowest BCUT2D eigenvalue weighted by Crippen LogP contribution is -2.38. The molecule has 0 spiro atoms. The number of aryl methyl sites for hydroxylation is 1. The van der Waals surface area contributed by atoms with Crippen molar-refractivity contribution in [1.29, 1.82) is 0 Å². The number of hydrogen-bond acceptors (Lipinski definition) is 3. The zero-order valence-electron chi connectivity index (χ0n) is 9.25. The lowest BCUT2D eigenvalue weighted by Gasteiger charge is -2.15. The highest BCUT2D eigenvalue weighted by molar-refractivity contribution is 5.39.